The molecule has 4 heteroatoms. The van der Waals surface area contributed by atoms with Crippen LogP contribution in [-0.4, -0.2) is 48.6 Å². The Kier molecular flexibility index (Phi) is 5.49. The number of para-hydroxylation sites is 1. The number of piperidine rings is 1. The third-order valence-electron chi connectivity index (χ3n) is 12.4. The van der Waals surface area contributed by atoms with Gasteiger partial charge in [0.2, 0.25) is 0 Å². The number of ether oxygens (including phenoxy) is 2. The first-order chi connectivity index (χ1) is 20.2. The average molecular weight is 547 g/mol. The molecule has 3 saturated carbocycles. The van der Waals surface area contributed by atoms with Crippen molar-refractivity contribution in [2.45, 2.75) is 69.0 Å². The van der Waals surface area contributed by atoms with Crippen LogP contribution in [0.3, 0.4) is 0 Å². The van der Waals surface area contributed by atoms with Crippen LogP contribution in [0.4, 0.5) is 0 Å². The highest BCUT2D eigenvalue weighted by Gasteiger charge is 2.76. The summed E-state index contributed by atoms with van der Waals surface area (Å²) in [7, 11) is 1.82. The van der Waals surface area contributed by atoms with E-state index in [1.807, 2.05) is 7.11 Å². The predicted octanol–water partition coefficient (Wildman–Crippen LogP) is 7.07. The summed E-state index contributed by atoms with van der Waals surface area (Å²) in [5, 5.41) is 0. The summed E-state index contributed by atoms with van der Waals surface area (Å²) in [5.74, 6) is 5.21. The number of hydrogen-bond acceptors (Lipinski definition) is 4. The molecule has 2 aliphatic heterocycles. The number of fused-ring (bicyclic) bond motifs is 1. The van der Waals surface area contributed by atoms with Crippen molar-refractivity contribution < 1.29 is 9.47 Å². The lowest BCUT2D eigenvalue weighted by Crippen LogP contribution is -2.69. The van der Waals surface area contributed by atoms with Crippen molar-refractivity contribution in [2.75, 3.05) is 26.7 Å². The normalized spacial score (nSPS) is 35.1. The number of methoxy groups -OCH3 is 1. The van der Waals surface area contributed by atoms with E-state index in [2.05, 4.69) is 82.6 Å². The molecule has 2 saturated heterocycles. The Morgan fingerprint density at radius 1 is 0.878 bits per heavy atom. The van der Waals surface area contributed by atoms with Crippen molar-refractivity contribution in [3.8, 4) is 17.2 Å². The fourth-order valence-electron chi connectivity index (χ4n) is 11.0. The fraction of sp³-hybridized carbons (Fsp3) is 0.514. The smallest absolute Gasteiger partial charge is 0.173 e. The molecule has 4 nitrogen and oxygen atoms in total. The van der Waals surface area contributed by atoms with E-state index in [-0.39, 0.29) is 5.41 Å². The zero-order valence-corrected chi connectivity index (χ0v) is 24.3. The van der Waals surface area contributed by atoms with Gasteiger partial charge in [-0.15, -0.1) is 0 Å². The van der Waals surface area contributed by atoms with Gasteiger partial charge in [-0.1, -0.05) is 54.6 Å². The SMILES string of the molecule is COc1ccc2c(c1Oc1ccccc1)C13CCN(CC4CC4)[C@H](C2)C12CCC1C3C(CN1Cc1ccccc1)C2. The van der Waals surface area contributed by atoms with Crippen molar-refractivity contribution in [2.24, 2.45) is 23.2 Å². The van der Waals surface area contributed by atoms with Crippen LogP contribution >= 0.6 is 0 Å². The first-order valence-corrected chi connectivity index (χ1v) is 16.2. The minimum Gasteiger partial charge on any atom is -0.493 e. The predicted molar refractivity (Wildman–Crippen MR) is 161 cm³/mol. The van der Waals surface area contributed by atoms with E-state index in [4.69, 9.17) is 9.47 Å². The maximum absolute atomic E-state index is 6.92. The fourth-order valence-corrected chi connectivity index (χ4v) is 11.0. The number of hydrogen-bond donors (Lipinski definition) is 0. The molecule has 6 aliphatic rings. The van der Waals surface area contributed by atoms with E-state index in [9.17, 15) is 0 Å². The monoisotopic (exact) mass is 546 g/mol. The second-order valence-corrected chi connectivity index (χ2v) is 14.1. The van der Waals surface area contributed by atoms with Crippen molar-refractivity contribution in [3.63, 3.8) is 0 Å². The van der Waals surface area contributed by atoms with Gasteiger partial charge in [-0.3, -0.25) is 9.80 Å². The van der Waals surface area contributed by atoms with Crippen molar-refractivity contribution in [3.05, 3.63) is 89.5 Å². The number of benzene rings is 3. The highest BCUT2D eigenvalue weighted by molar-refractivity contribution is 5.61. The van der Waals surface area contributed by atoms with Gasteiger partial charge in [0.15, 0.2) is 11.5 Å². The summed E-state index contributed by atoms with van der Waals surface area (Å²) >= 11 is 0. The lowest BCUT2D eigenvalue weighted by atomic mass is 9.43. The molecule has 4 bridgehead atoms. The number of rotatable bonds is 7. The summed E-state index contributed by atoms with van der Waals surface area (Å²) in [6, 6.07) is 27.5. The Balaban J connectivity index is 1.20. The first-order valence-electron chi connectivity index (χ1n) is 16.2. The molecular formula is C37H42N2O2. The van der Waals surface area contributed by atoms with Crippen LogP contribution in [0.15, 0.2) is 72.8 Å². The van der Waals surface area contributed by atoms with E-state index in [0.29, 0.717) is 23.4 Å². The second kappa shape index (κ2) is 9.09. The lowest BCUT2D eigenvalue weighted by Gasteiger charge is -2.66. The molecule has 0 spiro atoms. The molecule has 3 aromatic carbocycles. The standard InChI is InChI=1S/C37H42N2O2/c1-40-31-15-14-27-20-32-36-17-16-30-33(28(21-36)24-39(30)23-25-8-4-2-5-9-25)37(36,18-19-38(32)22-26-12-13-26)34(27)35(31)41-29-10-6-3-7-11-29/h2-11,14-15,26,28,30,32-33H,12-13,16-24H2,1H3/t28?,30?,32-,33?,36?,37?/m1/s1. The molecule has 5 fully saturated rings. The van der Waals surface area contributed by atoms with Crippen LogP contribution in [0.2, 0.25) is 0 Å². The van der Waals surface area contributed by atoms with Crippen molar-refractivity contribution in [1.29, 1.82) is 0 Å². The zero-order valence-electron chi connectivity index (χ0n) is 24.3. The van der Waals surface area contributed by atoms with E-state index in [0.717, 1.165) is 42.0 Å². The van der Waals surface area contributed by atoms with Crippen LogP contribution in [0, 0.1) is 23.2 Å². The lowest BCUT2D eigenvalue weighted by molar-refractivity contribution is -0.106. The van der Waals surface area contributed by atoms with Crippen molar-refractivity contribution >= 4 is 0 Å². The van der Waals surface area contributed by atoms with Gasteiger partial charge in [0, 0.05) is 42.7 Å². The van der Waals surface area contributed by atoms with Gasteiger partial charge in [-0.25, -0.2) is 0 Å². The molecule has 6 atom stereocenters. The van der Waals surface area contributed by atoms with Crippen LogP contribution in [-0.2, 0) is 18.4 Å². The number of nitrogens with zero attached hydrogens (tertiary/aromatic N) is 2. The minimum atomic E-state index is 0.156. The van der Waals surface area contributed by atoms with Gasteiger partial charge in [-0.05, 0) is 104 Å². The van der Waals surface area contributed by atoms with Gasteiger partial charge in [0.25, 0.3) is 0 Å². The Bertz CT molecular complexity index is 1450. The highest BCUT2D eigenvalue weighted by atomic mass is 16.5. The van der Waals surface area contributed by atoms with Crippen LogP contribution < -0.4 is 9.47 Å². The number of likely N-dealkylation sites (tertiary alicyclic amines) is 2. The zero-order chi connectivity index (χ0) is 27.2. The summed E-state index contributed by atoms with van der Waals surface area (Å²) in [5.41, 5.74) is 5.02. The molecule has 0 aromatic heterocycles. The summed E-state index contributed by atoms with van der Waals surface area (Å²) in [6.45, 7) is 4.88. The third-order valence-corrected chi connectivity index (χ3v) is 12.4. The molecule has 212 valence electrons. The maximum atomic E-state index is 6.92. The quantitative estimate of drug-likeness (QED) is 0.317. The molecule has 0 radical (unpaired) electrons. The largest absolute Gasteiger partial charge is 0.493 e. The Morgan fingerprint density at radius 3 is 2.46 bits per heavy atom. The molecular weight excluding hydrogens is 504 g/mol. The van der Waals surface area contributed by atoms with Gasteiger partial charge in [-0.2, -0.15) is 0 Å². The highest BCUT2D eigenvalue weighted by Crippen LogP contribution is 2.77. The summed E-state index contributed by atoms with van der Waals surface area (Å²) in [4.78, 5) is 5.85. The summed E-state index contributed by atoms with van der Waals surface area (Å²) in [6.07, 6.45) is 9.38. The molecule has 0 N–H and O–H groups in total. The van der Waals surface area contributed by atoms with E-state index in [1.165, 1.54) is 74.8 Å². The van der Waals surface area contributed by atoms with Gasteiger partial charge in [0.05, 0.1) is 7.11 Å². The van der Waals surface area contributed by atoms with Crippen LogP contribution in [0.1, 0.15) is 55.2 Å². The van der Waals surface area contributed by atoms with Gasteiger partial charge in [0.1, 0.15) is 5.75 Å². The molecule has 9 rings (SSSR count). The van der Waals surface area contributed by atoms with Gasteiger partial charge >= 0.3 is 0 Å². The van der Waals surface area contributed by atoms with Crippen molar-refractivity contribution in [1.82, 2.24) is 9.80 Å². The molecule has 2 heterocycles. The van der Waals surface area contributed by atoms with Crippen LogP contribution in [0.25, 0.3) is 0 Å². The molecule has 3 aromatic rings. The van der Waals surface area contributed by atoms with E-state index < -0.39 is 0 Å². The van der Waals surface area contributed by atoms with E-state index >= 15 is 0 Å². The molecule has 5 unspecified atom stereocenters. The maximum Gasteiger partial charge on any atom is 0.173 e. The minimum absolute atomic E-state index is 0.156. The average Bonchev–Trinajstić information content (AvgIpc) is 3.71. The molecule has 4 aliphatic carbocycles. The molecule has 0 amide bonds. The Labute approximate surface area is 244 Å². The Hall–Kier alpha value is -2.82. The van der Waals surface area contributed by atoms with Crippen LogP contribution in [0.5, 0.6) is 17.2 Å². The van der Waals surface area contributed by atoms with E-state index in [1.54, 1.807) is 0 Å². The molecule has 41 heavy (non-hydrogen) atoms. The topological polar surface area (TPSA) is 24.9 Å². The third kappa shape index (κ3) is 3.47. The summed E-state index contributed by atoms with van der Waals surface area (Å²) < 4.78 is 13.0. The Morgan fingerprint density at radius 2 is 1.68 bits per heavy atom. The second-order valence-electron chi connectivity index (χ2n) is 14.1. The van der Waals surface area contributed by atoms with Gasteiger partial charge < -0.3 is 9.47 Å². The first kappa shape index (κ1) is 24.7.